The van der Waals surface area contributed by atoms with Crippen LogP contribution in [0.4, 0.5) is 11.4 Å². The topological polar surface area (TPSA) is 64.3 Å². The molecule has 2 aromatic carbocycles. The number of carbonyl (C=O) groups excluding carboxylic acids is 1. The number of benzene rings is 2. The fourth-order valence-electron chi connectivity index (χ4n) is 1.82. The summed E-state index contributed by atoms with van der Waals surface area (Å²) in [5, 5.41) is 2.89. The number of amides is 1. The summed E-state index contributed by atoms with van der Waals surface area (Å²) < 4.78 is 5.07. The summed E-state index contributed by atoms with van der Waals surface area (Å²) in [5.41, 5.74) is 7.54. The van der Waals surface area contributed by atoms with Crippen LogP contribution in [0.5, 0.6) is 5.75 Å². The quantitative estimate of drug-likeness (QED) is 0.669. The smallest absolute Gasteiger partial charge is 0.255 e. The molecule has 2 rings (SSSR count). The Labute approximate surface area is 122 Å². The maximum Gasteiger partial charge on any atom is 0.255 e. The molecule has 3 N–H and O–H groups in total. The van der Waals surface area contributed by atoms with Crippen molar-refractivity contribution in [3.8, 4) is 5.75 Å². The van der Waals surface area contributed by atoms with Crippen molar-refractivity contribution in [1.82, 2.24) is 0 Å². The lowest BCUT2D eigenvalue weighted by molar-refractivity contribution is 0.102. The number of nitrogens with two attached hydrogens (primary N) is 1. The number of ether oxygens (including phenoxy) is 1. The van der Waals surface area contributed by atoms with E-state index in [4.69, 9.17) is 10.5 Å². The Morgan fingerprint density at radius 3 is 2.65 bits per heavy atom. The van der Waals surface area contributed by atoms with Crippen molar-refractivity contribution in [3.63, 3.8) is 0 Å². The number of carbonyl (C=O) groups is 1. The monoisotopic (exact) mass is 288 g/mol. The number of anilines is 2. The van der Waals surface area contributed by atoms with E-state index in [1.165, 1.54) is 0 Å². The summed E-state index contributed by atoms with van der Waals surface area (Å²) in [6.07, 6.45) is 1.97. The number of nitrogens with one attached hydrogen (secondary N) is 1. The number of hydrogen-bond acceptors (Lipinski definition) is 4. The van der Waals surface area contributed by atoms with Crippen LogP contribution in [0.3, 0.4) is 0 Å². The molecule has 0 radical (unpaired) electrons. The number of hydrogen-bond donors (Lipinski definition) is 2. The van der Waals surface area contributed by atoms with E-state index in [2.05, 4.69) is 5.32 Å². The molecule has 5 heteroatoms. The van der Waals surface area contributed by atoms with Gasteiger partial charge in [-0.05, 0) is 36.6 Å². The van der Waals surface area contributed by atoms with E-state index in [0.29, 0.717) is 17.0 Å². The molecule has 4 nitrogen and oxygen atoms in total. The Morgan fingerprint density at radius 1 is 1.25 bits per heavy atom. The SMILES string of the molecule is COc1ccc(C(=O)Nc2ccccc2SC)cc1N. The van der Waals surface area contributed by atoms with Gasteiger partial charge in [-0.3, -0.25) is 4.79 Å². The molecule has 0 fully saturated rings. The molecule has 0 aliphatic rings. The molecule has 2 aromatic rings. The van der Waals surface area contributed by atoms with Gasteiger partial charge in [-0.1, -0.05) is 12.1 Å². The highest BCUT2D eigenvalue weighted by atomic mass is 32.2. The Bertz CT molecular complexity index is 629. The largest absolute Gasteiger partial charge is 0.495 e. The predicted molar refractivity (Wildman–Crippen MR) is 83.6 cm³/mol. The maximum absolute atomic E-state index is 12.2. The fourth-order valence-corrected chi connectivity index (χ4v) is 2.37. The molecule has 1 amide bonds. The van der Waals surface area contributed by atoms with Gasteiger partial charge in [0.1, 0.15) is 5.75 Å². The lowest BCUT2D eigenvalue weighted by atomic mass is 10.1. The average Bonchev–Trinajstić information content (AvgIpc) is 2.47. The van der Waals surface area contributed by atoms with Gasteiger partial charge in [-0.2, -0.15) is 0 Å². The third-order valence-corrected chi connectivity index (χ3v) is 3.64. The van der Waals surface area contributed by atoms with Gasteiger partial charge in [-0.25, -0.2) is 0 Å². The zero-order chi connectivity index (χ0) is 14.5. The first-order valence-electron chi connectivity index (χ1n) is 6.03. The van der Waals surface area contributed by atoms with Crippen molar-refractivity contribution in [3.05, 3.63) is 48.0 Å². The van der Waals surface area contributed by atoms with E-state index in [9.17, 15) is 4.79 Å². The minimum atomic E-state index is -0.194. The molecule has 20 heavy (non-hydrogen) atoms. The van der Waals surface area contributed by atoms with Crippen LogP contribution < -0.4 is 15.8 Å². The molecule has 0 aromatic heterocycles. The average molecular weight is 288 g/mol. The highest BCUT2D eigenvalue weighted by molar-refractivity contribution is 7.98. The molecular formula is C15H16N2O2S. The van der Waals surface area contributed by atoms with E-state index in [0.717, 1.165) is 10.6 Å². The van der Waals surface area contributed by atoms with Crippen molar-refractivity contribution in [2.75, 3.05) is 24.4 Å². The third-order valence-electron chi connectivity index (χ3n) is 2.85. The van der Waals surface area contributed by atoms with Crippen molar-refractivity contribution in [2.45, 2.75) is 4.90 Å². The van der Waals surface area contributed by atoms with Gasteiger partial charge < -0.3 is 15.8 Å². The summed E-state index contributed by atoms with van der Waals surface area (Å²) in [4.78, 5) is 13.2. The van der Waals surface area contributed by atoms with Crippen LogP contribution in [0, 0.1) is 0 Å². The summed E-state index contributed by atoms with van der Waals surface area (Å²) in [6, 6.07) is 12.6. The van der Waals surface area contributed by atoms with Gasteiger partial charge in [0.05, 0.1) is 18.5 Å². The summed E-state index contributed by atoms with van der Waals surface area (Å²) in [7, 11) is 1.54. The van der Waals surface area contributed by atoms with Gasteiger partial charge in [0.25, 0.3) is 5.91 Å². The van der Waals surface area contributed by atoms with E-state index >= 15 is 0 Å². The van der Waals surface area contributed by atoms with Crippen LogP contribution in [0.15, 0.2) is 47.4 Å². The second-order valence-corrected chi connectivity index (χ2v) is 4.96. The molecule has 104 valence electrons. The van der Waals surface area contributed by atoms with Crippen molar-refractivity contribution in [1.29, 1.82) is 0 Å². The molecule has 0 atom stereocenters. The highest BCUT2D eigenvalue weighted by Gasteiger charge is 2.10. The predicted octanol–water partition coefficient (Wildman–Crippen LogP) is 3.25. The Balaban J connectivity index is 2.22. The van der Waals surface area contributed by atoms with Gasteiger partial charge >= 0.3 is 0 Å². The lowest BCUT2D eigenvalue weighted by Gasteiger charge is -2.10. The van der Waals surface area contributed by atoms with Crippen LogP contribution in [-0.4, -0.2) is 19.3 Å². The molecule has 0 heterocycles. The zero-order valence-electron chi connectivity index (χ0n) is 11.3. The van der Waals surface area contributed by atoms with E-state index in [1.807, 2.05) is 30.5 Å². The van der Waals surface area contributed by atoms with Gasteiger partial charge in [0, 0.05) is 10.5 Å². The van der Waals surface area contributed by atoms with Crippen molar-refractivity contribution < 1.29 is 9.53 Å². The number of para-hydroxylation sites is 1. The lowest BCUT2D eigenvalue weighted by Crippen LogP contribution is -2.13. The molecule has 0 bridgehead atoms. The summed E-state index contributed by atoms with van der Waals surface area (Å²) >= 11 is 1.58. The number of nitrogen functional groups attached to an aromatic ring is 1. The normalized spacial score (nSPS) is 10.1. The number of rotatable bonds is 4. The first-order valence-corrected chi connectivity index (χ1v) is 7.26. The van der Waals surface area contributed by atoms with Gasteiger partial charge in [0.2, 0.25) is 0 Å². The minimum Gasteiger partial charge on any atom is -0.495 e. The molecule has 0 unspecified atom stereocenters. The summed E-state index contributed by atoms with van der Waals surface area (Å²) in [6.45, 7) is 0. The Hall–Kier alpha value is -2.14. The van der Waals surface area contributed by atoms with E-state index in [-0.39, 0.29) is 5.91 Å². The first kappa shape index (κ1) is 14.3. The molecule has 0 aliphatic heterocycles. The van der Waals surface area contributed by atoms with Crippen LogP contribution in [0.25, 0.3) is 0 Å². The van der Waals surface area contributed by atoms with Crippen LogP contribution in [0.1, 0.15) is 10.4 Å². The highest BCUT2D eigenvalue weighted by Crippen LogP contribution is 2.26. The maximum atomic E-state index is 12.2. The number of methoxy groups -OCH3 is 1. The Morgan fingerprint density at radius 2 is 2.00 bits per heavy atom. The second kappa shape index (κ2) is 6.34. The molecular weight excluding hydrogens is 272 g/mol. The van der Waals surface area contributed by atoms with Crippen molar-refractivity contribution >= 4 is 29.0 Å². The molecule has 0 aliphatic carbocycles. The number of thioether (sulfide) groups is 1. The van der Waals surface area contributed by atoms with Gasteiger partial charge in [-0.15, -0.1) is 11.8 Å². The molecule has 0 saturated heterocycles. The van der Waals surface area contributed by atoms with Gasteiger partial charge in [0.15, 0.2) is 0 Å². The first-order chi connectivity index (χ1) is 9.65. The molecule has 0 spiro atoms. The van der Waals surface area contributed by atoms with E-state index in [1.54, 1.807) is 37.1 Å². The fraction of sp³-hybridized carbons (Fsp3) is 0.133. The minimum absolute atomic E-state index is 0.194. The molecule has 0 saturated carbocycles. The van der Waals surface area contributed by atoms with Crippen LogP contribution in [-0.2, 0) is 0 Å². The van der Waals surface area contributed by atoms with Crippen LogP contribution in [0.2, 0.25) is 0 Å². The Kier molecular flexibility index (Phi) is 4.53. The summed E-state index contributed by atoms with van der Waals surface area (Å²) in [5.74, 6) is 0.368. The zero-order valence-corrected chi connectivity index (χ0v) is 12.2. The standard InChI is InChI=1S/C15H16N2O2S/c1-19-13-8-7-10(9-11(13)16)15(18)17-12-5-3-4-6-14(12)20-2/h3-9H,16H2,1-2H3,(H,17,18). The van der Waals surface area contributed by atoms with Crippen LogP contribution >= 0.6 is 11.8 Å². The third kappa shape index (κ3) is 3.05. The second-order valence-electron chi connectivity index (χ2n) is 4.11. The van der Waals surface area contributed by atoms with Crippen molar-refractivity contribution in [2.24, 2.45) is 0 Å². The van der Waals surface area contributed by atoms with E-state index < -0.39 is 0 Å².